The summed E-state index contributed by atoms with van der Waals surface area (Å²) in [6, 6.07) is 0. The predicted octanol–water partition coefficient (Wildman–Crippen LogP) is -2.41. The normalized spacial score (nSPS) is 17.8. The first-order valence-corrected chi connectivity index (χ1v) is 59.6. The van der Waals surface area contributed by atoms with Crippen molar-refractivity contribution in [2.75, 3.05) is 162 Å². The molecule has 72 heteroatoms. The van der Waals surface area contributed by atoms with Crippen LogP contribution in [0, 0.1) is 41.4 Å². The van der Waals surface area contributed by atoms with Crippen LogP contribution in [0.25, 0.3) is 0 Å². The maximum atomic E-state index is 11.4. The number of hydrogen-bond acceptors (Lipinski definition) is 25. The molecule has 0 amide bonds. The van der Waals surface area contributed by atoms with Gasteiger partial charge in [-0.15, -0.1) is 0 Å². The van der Waals surface area contributed by atoms with Gasteiger partial charge < -0.3 is 157 Å². The van der Waals surface area contributed by atoms with Gasteiger partial charge in [0.1, 0.15) is 69.1 Å². The number of hydrogen-bond donors (Lipinski definition) is 32. The molecular weight excluding hydrogens is 1890 g/mol. The van der Waals surface area contributed by atoms with E-state index in [1.165, 1.54) is 38.0 Å². The Balaban J connectivity index is -0.000000666. The van der Waals surface area contributed by atoms with E-state index in [9.17, 15) is 117 Å². The fourth-order valence-electron chi connectivity index (χ4n) is 12.2. The van der Waals surface area contributed by atoms with Gasteiger partial charge in [-0.05, 0) is 102 Å². The molecule has 116 heavy (non-hydrogen) atoms. The van der Waals surface area contributed by atoms with Crippen LogP contribution < -0.4 is 0 Å². The first kappa shape index (κ1) is 123. The van der Waals surface area contributed by atoms with Crippen LogP contribution in [-0.2, 0) is 78.1 Å². The van der Waals surface area contributed by atoms with E-state index in [0.29, 0.717) is 48.6 Å². The number of carboxylic acid groups (broad SMARTS) is 2. The Kier molecular flexibility index (Phi) is 55.6. The quantitative estimate of drug-likeness (QED) is 0.0223. The third-order valence-electron chi connectivity index (χ3n) is 14.7. The molecular formula is C44H115N8O49P15. The van der Waals surface area contributed by atoms with Gasteiger partial charge in [0.05, 0.1) is 44.7 Å². The van der Waals surface area contributed by atoms with Gasteiger partial charge in [0.25, 0.3) is 0 Å². The molecule has 0 radical (unpaired) electrons. The largest absolute Gasteiger partial charge is 0.481 e. The number of aliphatic carboxylic acids is 2. The van der Waals surface area contributed by atoms with Crippen LogP contribution in [0.5, 0.6) is 0 Å². The fraction of sp³-hybridized carbons (Fsp3) is 0.955. The highest BCUT2D eigenvalue weighted by atomic mass is 31.2. The lowest BCUT2D eigenvalue weighted by molar-refractivity contribution is -0.140. The molecule has 0 aromatic heterocycles. The summed E-state index contributed by atoms with van der Waals surface area (Å²) in [5, 5.41) is 16.4. The number of carbonyl (C=O) groups is 2. The Morgan fingerprint density at radius 3 is 0.672 bits per heavy atom. The molecule has 2 rings (SSSR count). The molecule has 0 saturated heterocycles. The first-order chi connectivity index (χ1) is 50.9. The average molecular weight is 2010 g/mol. The zero-order valence-electron chi connectivity index (χ0n) is 63.1. The Morgan fingerprint density at radius 1 is 0.267 bits per heavy atom. The summed E-state index contributed by atoms with van der Waals surface area (Å²) in [6.45, 7) is 0.858. The standard InChI is InChI=1S/C12H28NO9P3.C11H26NO9P3.C7H23N3O12P4.C6H10O4.C5H17N2O9P3.C3H11NO6P2/c1-13(9-25(20,21)22)6-10-4-2-3-5-12(10)11(7-23(14,15)16)8-24(17,18)19;1-12(8-24(19,20)21)5-9-3-2-4-11(9)10(6-22(13,14)15)7-23(16,17)18;1-8(2-9(4-23(11,12)13)5-24(14,15)16)3-10(6-25(17,18)19)7-26(20,21)22;1-4(2-5(7)8)3-6(9)10;1-6(3-17(8,9)10)2-7(4-18(11,12)13)5-19(14,15)16;1-4(2-11(5,6)7)3-12(8,9)10/h10-12H,2-9H2,1H3,(H2,14,15,16)(H2,17,18,19)(H2,20,21,22);9-11H,2-8H2,1H3,(H2,13,14,15)(H2,16,17,18)(H2,19,20,21);2-7H2,1H3,(H2,11,12,13)(H2,14,15,16)(H2,17,18,19)(H2,20,21,22);4H,2-3H2,1H3,(H,7,8)(H,9,10);2-5H2,1H3,(H2,8,9,10)(H2,11,12,13)(H2,14,15,16);2-3H2,1H3,(H2,5,6,7)(H2,8,9,10). The van der Waals surface area contributed by atoms with Gasteiger partial charge in [-0.1, -0.05) is 26.2 Å². The van der Waals surface area contributed by atoms with Crippen molar-refractivity contribution in [1.82, 2.24) is 39.2 Å². The predicted molar refractivity (Wildman–Crippen MR) is 409 cm³/mol. The molecule has 0 aliphatic heterocycles. The topological polar surface area (TPSA) is 963 Å². The molecule has 4 atom stereocenters. The zero-order chi connectivity index (χ0) is 92.8. The van der Waals surface area contributed by atoms with Crippen molar-refractivity contribution < 1.29 is 235 Å². The van der Waals surface area contributed by atoms with Crippen molar-refractivity contribution in [2.45, 2.75) is 64.7 Å². The molecule has 0 heterocycles. The van der Waals surface area contributed by atoms with Crippen LogP contribution >= 0.6 is 114 Å². The molecule has 0 aromatic carbocycles. The van der Waals surface area contributed by atoms with Gasteiger partial charge in [0, 0.05) is 25.9 Å². The van der Waals surface area contributed by atoms with Gasteiger partial charge in [0.15, 0.2) is 0 Å². The molecule has 2 aliphatic rings. The molecule has 2 saturated carbocycles. The fourth-order valence-corrected chi connectivity index (χ4v) is 25.2. The summed E-state index contributed by atoms with van der Waals surface area (Å²) < 4.78 is 165. The Labute approximate surface area is 665 Å². The number of rotatable bonds is 46. The molecule has 700 valence electrons. The lowest BCUT2D eigenvalue weighted by atomic mass is 9.73. The minimum absolute atomic E-state index is 0.0771. The van der Waals surface area contributed by atoms with Crippen LogP contribution in [0.3, 0.4) is 0 Å². The van der Waals surface area contributed by atoms with Gasteiger partial charge in [-0.2, -0.15) is 0 Å². The molecule has 0 aromatic rings. The van der Waals surface area contributed by atoms with E-state index < -0.39 is 252 Å². The van der Waals surface area contributed by atoms with Crippen molar-refractivity contribution in [3.63, 3.8) is 0 Å². The van der Waals surface area contributed by atoms with Crippen molar-refractivity contribution in [1.29, 1.82) is 0 Å². The van der Waals surface area contributed by atoms with Crippen LogP contribution in [-0.4, -0.2) is 370 Å². The Bertz CT molecular complexity index is 3520. The van der Waals surface area contributed by atoms with E-state index in [0.717, 1.165) is 38.9 Å². The maximum Gasteiger partial charge on any atom is 0.339 e. The second-order valence-corrected chi connectivity index (χ2v) is 52.7. The Morgan fingerprint density at radius 2 is 0.457 bits per heavy atom. The molecule has 57 nitrogen and oxygen atoms in total. The molecule has 4 unspecified atom stereocenters. The van der Waals surface area contributed by atoms with Crippen molar-refractivity contribution in [3.05, 3.63) is 0 Å². The molecule has 0 bridgehead atoms. The summed E-state index contributed by atoms with van der Waals surface area (Å²) in [5.41, 5.74) is 0. The van der Waals surface area contributed by atoms with E-state index in [-0.39, 0.29) is 42.4 Å². The molecule has 2 fully saturated rings. The minimum Gasteiger partial charge on any atom is -0.481 e. The minimum atomic E-state index is -4.67. The number of carboxylic acids is 2. The highest BCUT2D eigenvalue weighted by Gasteiger charge is 2.43. The summed E-state index contributed by atoms with van der Waals surface area (Å²) in [6.07, 6.45) is -6.32. The molecule has 0 spiro atoms. The van der Waals surface area contributed by atoms with Gasteiger partial charge in [0.2, 0.25) is 0 Å². The summed E-state index contributed by atoms with van der Waals surface area (Å²) >= 11 is 0. The van der Waals surface area contributed by atoms with Crippen LogP contribution in [0.4, 0.5) is 0 Å². The van der Waals surface area contributed by atoms with Crippen molar-refractivity contribution in [3.8, 4) is 0 Å². The summed E-state index contributed by atoms with van der Waals surface area (Å²) in [4.78, 5) is 296. The lowest BCUT2D eigenvalue weighted by Crippen LogP contribution is -2.43. The van der Waals surface area contributed by atoms with E-state index in [1.54, 1.807) is 14.0 Å². The average Bonchev–Trinajstić information content (AvgIpc) is 1.82. The summed E-state index contributed by atoms with van der Waals surface area (Å²) in [7, 11) is -60.0. The maximum absolute atomic E-state index is 11.4. The monoisotopic (exact) mass is 2000 g/mol. The van der Waals surface area contributed by atoms with E-state index in [1.807, 2.05) is 0 Å². The third kappa shape index (κ3) is 84.4. The van der Waals surface area contributed by atoms with Gasteiger partial charge in [-0.25, -0.2) is 0 Å². The lowest BCUT2D eigenvalue weighted by Gasteiger charge is -2.39. The second-order valence-electron chi connectivity index (χ2n) is 28.2. The third-order valence-corrected chi connectivity index (χ3v) is 27.3. The van der Waals surface area contributed by atoms with Gasteiger partial charge >= 0.3 is 126 Å². The van der Waals surface area contributed by atoms with Crippen LogP contribution in [0.15, 0.2) is 0 Å². The Hall–Kier alpha value is 0.870. The zero-order valence-corrected chi connectivity index (χ0v) is 76.5. The van der Waals surface area contributed by atoms with Crippen LogP contribution in [0.1, 0.15) is 64.7 Å². The van der Waals surface area contributed by atoms with E-state index in [4.69, 9.17) is 118 Å². The van der Waals surface area contributed by atoms with E-state index in [2.05, 4.69) is 0 Å². The van der Waals surface area contributed by atoms with Crippen molar-refractivity contribution in [2.24, 2.45) is 41.4 Å². The second kappa shape index (κ2) is 52.4. The number of nitrogens with zero attached hydrogens (tertiary/aromatic N) is 8. The molecule has 32 N–H and O–H groups in total. The van der Waals surface area contributed by atoms with Crippen LogP contribution in [0.2, 0.25) is 0 Å². The highest BCUT2D eigenvalue weighted by molar-refractivity contribution is 7.56. The molecule has 2 aliphatic carbocycles. The highest BCUT2D eigenvalue weighted by Crippen LogP contribution is 2.53. The van der Waals surface area contributed by atoms with E-state index >= 15 is 0 Å². The SMILES string of the molecule is CC(CC(=O)O)CC(=O)O.CN(CC1CCCC1C(CP(=O)(O)O)CP(=O)(O)O)CP(=O)(O)O.CN(CC1CCCCC1C(CP(=O)(O)O)CP(=O)(O)O)CP(=O)(O)O.CN(CN(CP(=O)(O)O)CP(=O)(O)O)CN(CP(=O)(O)O)CP(=O)(O)O.CN(CN(CP(=O)(O)O)CP(=O)(O)O)CP(=O)(O)O.CN(CP(=O)(O)O)CP(=O)(O)O. The summed E-state index contributed by atoms with van der Waals surface area (Å²) in [5.74, 6) is -4.72. The van der Waals surface area contributed by atoms with Gasteiger partial charge in [-0.3, -0.25) is 117 Å². The first-order valence-electron chi connectivity index (χ1n) is 32.6. The smallest absolute Gasteiger partial charge is 0.339 e. The van der Waals surface area contributed by atoms with Crippen molar-refractivity contribution >= 4 is 126 Å².